The van der Waals surface area contributed by atoms with Crippen LogP contribution in [0.3, 0.4) is 0 Å². The molecule has 21 heavy (non-hydrogen) atoms. The fourth-order valence-corrected chi connectivity index (χ4v) is 2.70. The van der Waals surface area contributed by atoms with Gasteiger partial charge in [0.1, 0.15) is 28.1 Å². The molecule has 0 radical (unpaired) electrons. The smallest absolute Gasteiger partial charge is 0.162 e. The fraction of sp³-hybridized carbons (Fsp3) is 0. The van der Waals surface area contributed by atoms with Crippen molar-refractivity contribution in [3.05, 3.63) is 53.2 Å². The van der Waals surface area contributed by atoms with Crippen LogP contribution in [0.2, 0.25) is 5.15 Å². The van der Waals surface area contributed by atoms with Crippen LogP contribution in [-0.4, -0.2) is 14.2 Å². The molecule has 0 aliphatic rings. The second-order valence-electron chi connectivity index (χ2n) is 4.04. The molecule has 1 aromatic carbocycles. The van der Waals surface area contributed by atoms with Crippen molar-refractivity contribution in [2.45, 2.75) is 0 Å². The minimum atomic E-state index is -0.370. The second kappa shape index (κ2) is 5.52. The van der Waals surface area contributed by atoms with Gasteiger partial charge in [-0.2, -0.15) is 14.7 Å². The largest absolute Gasteiger partial charge is 0.342 e. The van der Waals surface area contributed by atoms with E-state index in [4.69, 9.17) is 16.9 Å². The minimum Gasteiger partial charge on any atom is -0.342 e. The van der Waals surface area contributed by atoms with E-state index in [0.717, 1.165) is 11.5 Å². The highest BCUT2D eigenvalue weighted by Gasteiger charge is 2.13. The summed E-state index contributed by atoms with van der Waals surface area (Å²) in [5, 5.41) is 16.8. The normalized spacial score (nSPS) is 10.3. The van der Waals surface area contributed by atoms with E-state index in [1.807, 2.05) is 6.07 Å². The van der Waals surface area contributed by atoms with Gasteiger partial charge in [-0.05, 0) is 23.7 Å². The van der Waals surface area contributed by atoms with E-state index in [1.54, 1.807) is 24.4 Å². The van der Waals surface area contributed by atoms with Crippen molar-refractivity contribution in [2.24, 2.45) is 0 Å². The molecule has 0 unspecified atom stereocenters. The van der Waals surface area contributed by atoms with Crippen LogP contribution in [0.1, 0.15) is 5.56 Å². The summed E-state index contributed by atoms with van der Waals surface area (Å²) >= 11 is 6.88. The van der Waals surface area contributed by atoms with Gasteiger partial charge in [0, 0.05) is 0 Å². The fourth-order valence-electron chi connectivity index (χ4n) is 1.74. The third-order valence-electron chi connectivity index (χ3n) is 2.70. The Morgan fingerprint density at radius 3 is 2.95 bits per heavy atom. The van der Waals surface area contributed by atoms with Gasteiger partial charge in [-0.25, -0.2) is 9.07 Å². The summed E-state index contributed by atoms with van der Waals surface area (Å²) in [6.45, 7) is 0. The van der Waals surface area contributed by atoms with Crippen LogP contribution in [0.4, 0.5) is 15.1 Å². The number of rotatable bonds is 3. The number of hydrogen-bond acceptors (Lipinski definition) is 5. The summed E-state index contributed by atoms with van der Waals surface area (Å²) in [5.74, 6) is -0.370. The highest BCUT2D eigenvalue weighted by Crippen LogP contribution is 2.30. The van der Waals surface area contributed by atoms with Crippen LogP contribution in [0.25, 0.3) is 5.69 Å². The average molecular weight is 320 g/mol. The van der Waals surface area contributed by atoms with Crippen LogP contribution in [0.15, 0.2) is 36.7 Å². The van der Waals surface area contributed by atoms with Gasteiger partial charge >= 0.3 is 0 Å². The van der Waals surface area contributed by atoms with Gasteiger partial charge in [-0.15, -0.1) is 0 Å². The Bertz CT molecular complexity index is 835. The predicted molar refractivity (Wildman–Crippen MR) is 78.6 cm³/mol. The van der Waals surface area contributed by atoms with Crippen molar-refractivity contribution in [2.75, 3.05) is 5.32 Å². The molecule has 0 aliphatic heterocycles. The van der Waals surface area contributed by atoms with Crippen LogP contribution in [0.5, 0.6) is 0 Å². The standard InChI is InChI=1S/C13H7ClFN5S/c14-12-9(5-16)13(21-19-12)18-8-6-17-20(7-8)11-4-2-1-3-10(11)15/h1-4,6-7,18H. The molecule has 0 fully saturated rings. The Balaban J connectivity index is 1.89. The van der Waals surface area contributed by atoms with Gasteiger partial charge in [0.2, 0.25) is 0 Å². The SMILES string of the molecule is N#Cc1c(Cl)nsc1Nc1cnn(-c2ccccc2F)c1. The summed E-state index contributed by atoms with van der Waals surface area (Å²) < 4.78 is 19.0. The van der Waals surface area contributed by atoms with Gasteiger partial charge in [-0.3, -0.25) is 0 Å². The number of nitriles is 1. The number of nitrogens with one attached hydrogen (secondary N) is 1. The first-order valence-corrected chi connectivity index (χ1v) is 6.96. The van der Waals surface area contributed by atoms with Crippen molar-refractivity contribution in [3.63, 3.8) is 0 Å². The number of halogens is 2. The van der Waals surface area contributed by atoms with Crippen molar-refractivity contribution < 1.29 is 4.39 Å². The number of anilines is 2. The number of benzene rings is 1. The number of nitrogens with zero attached hydrogens (tertiary/aromatic N) is 4. The second-order valence-corrected chi connectivity index (χ2v) is 5.17. The van der Waals surface area contributed by atoms with Gasteiger partial charge in [0.15, 0.2) is 5.15 Å². The molecule has 0 amide bonds. The first-order chi connectivity index (χ1) is 10.2. The predicted octanol–water partition coefficient (Wildman–Crippen LogP) is 3.74. The molecule has 0 bridgehead atoms. The average Bonchev–Trinajstić information content (AvgIpc) is 3.07. The first kappa shape index (κ1) is 13.5. The molecule has 0 atom stereocenters. The van der Waals surface area contributed by atoms with Gasteiger partial charge in [0.05, 0.1) is 18.1 Å². The highest BCUT2D eigenvalue weighted by atomic mass is 35.5. The van der Waals surface area contributed by atoms with Crippen molar-refractivity contribution >= 4 is 33.8 Å². The third-order valence-corrected chi connectivity index (χ3v) is 3.84. The Labute approximate surface area is 128 Å². The maximum Gasteiger partial charge on any atom is 0.162 e. The van der Waals surface area contributed by atoms with E-state index >= 15 is 0 Å². The van der Waals surface area contributed by atoms with E-state index in [1.165, 1.54) is 16.9 Å². The Kier molecular flexibility index (Phi) is 3.56. The lowest BCUT2D eigenvalue weighted by Gasteiger charge is -2.02. The van der Waals surface area contributed by atoms with Crippen LogP contribution in [-0.2, 0) is 0 Å². The molecule has 0 saturated carbocycles. The number of para-hydroxylation sites is 1. The van der Waals surface area contributed by atoms with E-state index in [9.17, 15) is 4.39 Å². The zero-order valence-corrected chi connectivity index (χ0v) is 12.0. The lowest BCUT2D eigenvalue weighted by molar-refractivity contribution is 0.611. The monoisotopic (exact) mass is 319 g/mol. The molecule has 8 heteroatoms. The minimum absolute atomic E-state index is 0.159. The topological polar surface area (TPSA) is 66.5 Å². The first-order valence-electron chi connectivity index (χ1n) is 5.81. The summed E-state index contributed by atoms with van der Waals surface area (Å²) in [5.41, 5.74) is 1.23. The summed E-state index contributed by atoms with van der Waals surface area (Å²) in [4.78, 5) is 0. The molecule has 104 valence electrons. The Morgan fingerprint density at radius 2 is 2.19 bits per heavy atom. The Morgan fingerprint density at radius 1 is 1.38 bits per heavy atom. The molecule has 1 N–H and O–H groups in total. The van der Waals surface area contributed by atoms with Crippen LogP contribution < -0.4 is 5.32 Å². The summed E-state index contributed by atoms with van der Waals surface area (Å²) in [6, 6.07) is 8.30. The van der Waals surface area contributed by atoms with E-state index < -0.39 is 0 Å². The van der Waals surface area contributed by atoms with Gasteiger partial charge in [0.25, 0.3) is 0 Å². The highest BCUT2D eigenvalue weighted by molar-refractivity contribution is 7.10. The molecule has 3 aromatic rings. The van der Waals surface area contributed by atoms with Crippen LogP contribution >= 0.6 is 23.1 Å². The summed E-state index contributed by atoms with van der Waals surface area (Å²) in [6.07, 6.45) is 3.15. The maximum absolute atomic E-state index is 13.7. The zero-order valence-electron chi connectivity index (χ0n) is 10.4. The number of hydrogen-bond donors (Lipinski definition) is 1. The molecule has 0 aliphatic carbocycles. The lowest BCUT2D eigenvalue weighted by atomic mass is 10.3. The van der Waals surface area contributed by atoms with Crippen LogP contribution in [0, 0.1) is 17.1 Å². The number of aromatic nitrogens is 3. The molecular weight excluding hydrogens is 313 g/mol. The molecule has 2 heterocycles. The lowest BCUT2D eigenvalue weighted by Crippen LogP contribution is -1.97. The molecular formula is C13H7ClFN5S. The third kappa shape index (κ3) is 2.59. The molecule has 0 spiro atoms. The van der Waals surface area contributed by atoms with Crippen molar-refractivity contribution in [1.29, 1.82) is 5.26 Å². The molecule has 0 saturated heterocycles. The Hall–Kier alpha value is -2.43. The van der Waals surface area contributed by atoms with Crippen molar-refractivity contribution in [1.82, 2.24) is 14.2 Å². The molecule has 3 rings (SSSR count). The zero-order chi connectivity index (χ0) is 14.8. The van der Waals surface area contributed by atoms with Gasteiger partial charge in [-0.1, -0.05) is 23.7 Å². The van der Waals surface area contributed by atoms with Gasteiger partial charge < -0.3 is 5.32 Å². The molecule has 2 aromatic heterocycles. The quantitative estimate of drug-likeness (QED) is 0.798. The van der Waals surface area contributed by atoms with E-state index in [0.29, 0.717) is 16.4 Å². The van der Waals surface area contributed by atoms with E-state index in [2.05, 4.69) is 14.8 Å². The summed E-state index contributed by atoms with van der Waals surface area (Å²) in [7, 11) is 0. The van der Waals surface area contributed by atoms with Crippen molar-refractivity contribution in [3.8, 4) is 11.8 Å². The maximum atomic E-state index is 13.7. The molecule has 5 nitrogen and oxygen atoms in total. The van der Waals surface area contributed by atoms with E-state index in [-0.39, 0.29) is 16.5 Å².